The van der Waals surface area contributed by atoms with Gasteiger partial charge in [0.1, 0.15) is 0 Å². The lowest BCUT2D eigenvalue weighted by Gasteiger charge is -2.19. The van der Waals surface area contributed by atoms with Crippen LogP contribution >= 0.6 is 0 Å². The molecule has 0 atom stereocenters. The van der Waals surface area contributed by atoms with Gasteiger partial charge >= 0.3 is 6.18 Å². The molecule has 0 saturated carbocycles. The van der Waals surface area contributed by atoms with Crippen molar-refractivity contribution in [2.24, 2.45) is 0 Å². The van der Waals surface area contributed by atoms with E-state index in [1.807, 2.05) is 20.8 Å². The van der Waals surface area contributed by atoms with Gasteiger partial charge in [0.05, 0.1) is 17.8 Å². The molecule has 1 nitrogen and oxygen atoms in total. The number of halogens is 3. The Morgan fingerprint density at radius 2 is 1.75 bits per heavy atom. The largest absolute Gasteiger partial charge is 0.416 e. The summed E-state index contributed by atoms with van der Waals surface area (Å²) in [5, 5.41) is 0. The van der Waals surface area contributed by atoms with Gasteiger partial charge in [-0.1, -0.05) is 12.1 Å². The second-order valence-electron chi connectivity index (χ2n) is 4.60. The van der Waals surface area contributed by atoms with E-state index in [2.05, 4.69) is 0 Å². The Morgan fingerprint density at radius 1 is 1.12 bits per heavy atom. The molecule has 0 spiro atoms. The molecule has 0 aliphatic carbocycles. The van der Waals surface area contributed by atoms with Crippen LogP contribution in [0.2, 0.25) is 0 Å². The van der Waals surface area contributed by atoms with Gasteiger partial charge in [-0.25, -0.2) is 0 Å². The van der Waals surface area contributed by atoms with Crippen molar-refractivity contribution in [3.05, 3.63) is 35.4 Å². The minimum absolute atomic E-state index is 0.188. The van der Waals surface area contributed by atoms with Gasteiger partial charge in [-0.05, 0) is 38.5 Å². The first kappa shape index (κ1) is 13.0. The van der Waals surface area contributed by atoms with Crippen LogP contribution in [0.3, 0.4) is 0 Å². The molecular formula is C12H15F3O. The third-order valence-electron chi connectivity index (χ3n) is 1.93. The highest BCUT2D eigenvalue weighted by Gasteiger charge is 2.30. The second kappa shape index (κ2) is 4.45. The van der Waals surface area contributed by atoms with E-state index >= 15 is 0 Å². The fraction of sp³-hybridized carbons (Fsp3) is 0.500. The summed E-state index contributed by atoms with van der Waals surface area (Å²) in [6, 6.07) is 5.19. The molecule has 0 radical (unpaired) electrons. The Hall–Kier alpha value is -1.03. The molecular weight excluding hydrogens is 217 g/mol. The van der Waals surface area contributed by atoms with Gasteiger partial charge in [-0.2, -0.15) is 13.2 Å². The number of hydrogen-bond acceptors (Lipinski definition) is 1. The van der Waals surface area contributed by atoms with Crippen molar-refractivity contribution in [1.82, 2.24) is 0 Å². The molecule has 0 aromatic heterocycles. The Morgan fingerprint density at radius 3 is 2.25 bits per heavy atom. The van der Waals surface area contributed by atoms with Crippen LogP contribution in [0.25, 0.3) is 0 Å². The fourth-order valence-corrected chi connectivity index (χ4v) is 1.14. The summed E-state index contributed by atoms with van der Waals surface area (Å²) in [6.45, 7) is 5.77. The van der Waals surface area contributed by atoms with E-state index in [1.165, 1.54) is 6.07 Å². The molecule has 1 rings (SSSR count). The normalized spacial score (nSPS) is 12.9. The third kappa shape index (κ3) is 4.23. The van der Waals surface area contributed by atoms with Gasteiger partial charge in [-0.15, -0.1) is 0 Å². The van der Waals surface area contributed by atoms with Crippen LogP contribution < -0.4 is 0 Å². The molecule has 0 heterocycles. The third-order valence-corrected chi connectivity index (χ3v) is 1.93. The van der Waals surface area contributed by atoms with Crippen LogP contribution in [-0.2, 0) is 17.5 Å². The van der Waals surface area contributed by atoms with Crippen LogP contribution in [0, 0.1) is 0 Å². The molecule has 0 amide bonds. The SMILES string of the molecule is CC(C)(C)OCc1cccc(C(F)(F)F)c1. The van der Waals surface area contributed by atoms with Gasteiger partial charge < -0.3 is 4.74 Å². The van der Waals surface area contributed by atoms with Crippen molar-refractivity contribution in [2.75, 3.05) is 0 Å². The van der Waals surface area contributed by atoms with E-state index in [9.17, 15) is 13.2 Å². The molecule has 0 N–H and O–H groups in total. The van der Waals surface area contributed by atoms with E-state index in [0.29, 0.717) is 5.56 Å². The molecule has 0 aliphatic rings. The quantitative estimate of drug-likeness (QED) is 0.748. The summed E-state index contributed by atoms with van der Waals surface area (Å²) in [5.74, 6) is 0. The van der Waals surface area contributed by atoms with Gasteiger partial charge in [0.15, 0.2) is 0 Å². The topological polar surface area (TPSA) is 9.23 Å². The number of rotatable bonds is 2. The summed E-state index contributed by atoms with van der Waals surface area (Å²) in [6.07, 6.45) is -4.29. The first-order chi connectivity index (χ1) is 7.18. The van der Waals surface area contributed by atoms with E-state index in [0.717, 1.165) is 12.1 Å². The van der Waals surface area contributed by atoms with Crippen molar-refractivity contribution in [3.63, 3.8) is 0 Å². The van der Waals surface area contributed by atoms with E-state index in [-0.39, 0.29) is 12.2 Å². The first-order valence-electron chi connectivity index (χ1n) is 4.98. The molecule has 0 unspecified atom stereocenters. The molecule has 16 heavy (non-hydrogen) atoms. The minimum Gasteiger partial charge on any atom is -0.371 e. The molecule has 0 bridgehead atoms. The Balaban J connectivity index is 2.76. The van der Waals surface area contributed by atoms with Crippen molar-refractivity contribution in [3.8, 4) is 0 Å². The predicted octanol–water partition coefficient (Wildman–Crippen LogP) is 4.02. The van der Waals surface area contributed by atoms with Crippen LogP contribution in [0.15, 0.2) is 24.3 Å². The van der Waals surface area contributed by atoms with Crippen LogP contribution in [0.5, 0.6) is 0 Å². The zero-order chi connectivity index (χ0) is 12.4. The molecule has 0 aliphatic heterocycles. The maximum atomic E-state index is 12.4. The molecule has 1 aromatic rings. The zero-order valence-corrected chi connectivity index (χ0v) is 9.56. The highest BCUT2D eigenvalue weighted by Crippen LogP contribution is 2.29. The number of benzene rings is 1. The minimum atomic E-state index is -4.29. The fourth-order valence-electron chi connectivity index (χ4n) is 1.14. The number of hydrogen-bond donors (Lipinski definition) is 0. The molecule has 90 valence electrons. The van der Waals surface area contributed by atoms with Gasteiger partial charge in [0.25, 0.3) is 0 Å². The molecule has 1 aromatic carbocycles. The molecule has 0 fully saturated rings. The molecule has 0 saturated heterocycles. The molecule has 4 heteroatoms. The maximum Gasteiger partial charge on any atom is 0.416 e. The highest BCUT2D eigenvalue weighted by molar-refractivity contribution is 5.25. The average molecular weight is 232 g/mol. The van der Waals surface area contributed by atoms with Crippen molar-refractivity contribution in [1.29, 1.82) is 0 Å². The van der Waals surface area contributed by atoms with Gasteiger partial charge in [-0.3, -0.25) is 0 Å². The summed E-state index contributed by atoms with van der Waals surface area (Å²) in [4.78, 5) is 0. The van der Waals surface area contributed by atoms with Crippen molar-refractivity contribution in [2.45, 2.75) is 39.2 Å². The van der Waals surface area contributed by atoms with E-state index in [4.69, 9.17) is 4.74 Å². The van der Waals surface area contributed by atoms with Crippen molar-refractivity contribution >= 4 is 0 Å². The monoisotopic (exact) mass is 232 g/mol. The van der Waals surface area contributed by atoms with Crippen LogP contribution in [0.1, 0.15) is 31.9 Å². The number of alkyl halides is 3. The first-order valence-corrected chi connectivity index (χ1v) is 4.98. The lowest BCUT2D eigenvalue weighted by molar-refractivity contribution is -0.137. The Labute approximate surface area is 93.2 Å². The van der Waals surface area contributed by atoms with Gasteiger partial charge in [0.2, 0.25) is 0 Å². The summed E-state index contributed by atoms with van der Waals surface area (Å²) in [5.41, 5.74) is -0.457. The second-order valence-corrected chi connectivity index (χ2v) is 4.60. The van der Waals surface area contributed by atoms with Crippen LogP contribution in [0.4, 0.5) is 13.2 Å². The maximum absolute atomic E-state index is 12.4. The lowest BCUT2D eigenvalue weighted by Crippen LogP contribution is -2.18. The average Bonchev–Trinajstić information content (AvgIpc) is 2.13. The Bertz CT molecular complexity index is 350. The van der Waals surface area contributed by atoms with E-state index in [1.54, 1.807) is 6.07 Å². The van der Waals surface area contributed by atoms with Gasteiger partial charge in [0, 0.05) is 0 Å². The summed E-state index contributed by atoms with van der Waals surface area (Å²) < 4.78 is 42.6. The summed E-state index contributed by atoms with van der Waals surface area (Å²) in [7, 11) is 0. The lowest BCUT2D eigenvalue weighted by atomic mass is 10.1. The van der Waals surface area contributed by atoms with Crippen molar-refractivity contribution < 1.29 is 17.9 Å². The zero-order valence-electron chi connectivity index (χ0n) is 9.56. The standard InChI is InChI=1S/C12H15F3O/c1-11(2,3)16-8-9-5-4-6-10(7-9)12(13,14)15/h4-7H,8H2,1-3H3. The Kier molecular flexibility index (Phi) is 3.63. The van der Waals surface area contributed by atoms with E-state index < -0.39 is 11.7 Å². The number of ether oxygens (including phenoxy) is 1. The van der Waals surface area contributed by atoms with Crippen LogP contribution in [-0.4, -0.2) is 5.60 Å². The smallest absolute Gasteiger partial charge is 0.371 e. The predicted molar refractivity (Wildman–Crippen MR) is 56.0 cm³/mol. The highest BCUT2D eigenvalue weighted by atomic mass is 19.4. The summed E-state index contributed by atoms with van der Waals surface area (Å²) >= 11 is 0.